The molecule has 0 aromatic heterocycles. The number of halogens is 3. The number of benzene rings is 1. The Morgan fingerprint density at radius 1 is 1.40 bits per heavy atom. The molecule has 0 spiro atoms. The molecule has 0 aliphatic carbocycles. The molecule has 0 bridgehead atoms. The van der Waals surface area contributed by atoms with E-state index in [9.17, 15) is 18.1 Å². The predicted molar refractivity (Wildman–Crippen MR) is 46.7 cm³/mol. The van der Waals surface area contributed by atoms with Gasteiger partial charge in [0.15, 0.2) is 17.3 Å². The smallest absolute Gasteiger partial charge is 0.354 e. The van der Waals surface area contributed by atoms with E-state index in [0.29, 0.717) is 0 Å². The van der Waals surface area contributed by atoms with Crippen molar-refractivity contribution in [2.45, 2.75) is 0 Å². The summed E-state index contributed by atoms with van der Waals surface area (Å²) >= 11 is 0. The van der Waals surface area contributed by atoms with Gasteiger partial charge in [-0.1, -0.05) is 17.1 Å². The summed E-state index contributed by atoms with van der Waals surface area (Å²) in [5, 5.41) is 7.85. The predicted octanol–water partition coefficient (Wildman–Crippen LogP) is 2.25. The van der Waals surface area contributed by atoms with Crippen LogP contribution in [0, 0.1) is 11.6 Å². The van der Waals surface area contributed by atoms with Crippen LogP contribution in [0.15, 0.2) is 30.5 Å². The molecule has 3 nitrogen and oxygen atoms in total. The number of carboxylic acid groups (broad SMARTS) is 1. The molecule has 0 radical (unpaired) electrons. The van der Waals surface area contributed by atoms with Crippen LogP contribution in [0.5, 0.6) is 0 Å². The number of hydrogen-bond donors (Lipinski definition) is 1. The Morgan fingerprint density at radius 2 is 2.00 bits per heavy atom. The topological polar surface area (TPSA) is 40.5 Å². The van der Waals surface area contributed by atoms with E-state index in [-0.39, 0.29) is 0 Å². The summed E-state index contributed by atoms with van der Waals surface area (Å²) in [6.45, 7) is 2.86. The summed E-state index contributed by atoms with van der Waals surface area (Å²) in [7, 11) is 0. The molecule has 0 unspecified atom stereocenters. The van der Waals surface area contributed by atoms with Gasteiger partial charge < -0.3 is 5.11 Å². The lowest BCUT2D eigenvalue weighted by molar-refractivity contribution is -0.133. The molecule has 1 aromatic rings. The van der Waals surface area contributed by atoms with E-state index >= 15 is 0 Å². The lowest BCUT2D eigenvalue weighted by Crippen LogP contribution is -2.19. The van der Waals surface area contributed by atoms with E-state index in [2.05, 4.69) is 6.58 Å². The molecule has 0 heterocycles. The van der Waals surface area contributed by atoms with Crippen LogP contribution in [0.1, 0.15) is 0 Å². The first-order valence-electron chi connectivity index (χ1n) is 3.77. The highest BCUT2D eigenvalue weighted by atomic mass is 19.2. The summed E-state index contributed by atoms with van der Waals surface area (Å²) in [5.74, 6) is -4.41. The van der Waals surface area contributed by atoms with Crippen molar-refractivity contribution in [1.82, 2.24) is 0 Å². The summed E-state index contributed by atoms with van der Waals surface area (Å²) < 4.78 is 38.8. The normalized spacial score (nSPS) is 9.80. The minimum absolute atomic E-state index is 0.527. The molecule has 0 atom stereocenters. The highest BCUT2D eigenvalue weighted by Crippen LogP contribution is 2.24. The largest absolute Gasteiger partial charge is 0.477 e. The van der Waals surface area contributed by atoms with Crippen molar-refractivity contribution in [1.29, 1.82) is 0 Å². The van der Waals surface area contributed by atoms with Gasteiger partial charge in [-0.25, -0.2) is 13.6 Å². The van der Waals surface area contributed by atoms with E-state index in [1.54, 1.807) is 0 Å². The Labute approximate surface area is 83.0 Å². The first-order chi connectivity index (χ1) is 6.95. The zero-order valence-electron chi connectivity index (χ0n) is 7.38. The lowest BCUT2D eigenvalue weighted by Gasteiger charge is -2.13. The van der Waals surface area contributed by atoms with Crippen molar-refractivity contribution in [2.75, 3.05) is 5.12 Å². The molecule has 1 N–H and O–H groups in total. The summed E-state index contributed by atoms with van der Waals surface area (Å²) in [6.07, 6.45) is 0. The number of carbonyl (C=O) groups is 1. The molecule has 1 rings (SSSR count). The fourth-order valence-electron chi connectivity index (χ4n) is 0.873. The molecule has 80 valence electrons. The van der Waals surface area contributed by atoms with Crippen LogP contribution in [-0.2, 0) is 4.79 Å². The van der Waals surface area contributed by atoms with Crippen molar-refractivity contribution in [3.63, 3.8) is 0 Å². The van der Waals surface area contributed by atoms with Gasteiger partial charge in [-0.15, -0.1) is 0 Å². The molecule has 0 saturated heterocycles. The van der Waals surface area contributed by atoms with Crippen LogP contribution in [0.3, 0.4) is 0 Å². The van der Waals surface area contributed by atoms with E-state index < -0.39 is 34.1 Å². The van der Waals surface area contributed by atoms with Crippen molar-refractivity contribution in [2.24, 2.45) is 0 Å². The number of rotatable bonds is 3. The summed E-state index contributed by atoms with van der Waals surface area (Å²) in [6, 6.07) is 2.73. The maximum atomic E-state index is 13.2. The van der Waals surface area contributed by atoms with Gasteiger partial charge in [-0.05, 0) is 12.1 Å². The van der Waals surface area contributed by atoms with E-state index in [1.807, 2.05) is 0 Å². The quantitative estimate of drug-likeness (QED) is 0.623. The summed E-state index contributed by atoms with van der Waals surface area (Å²) in [4.78, 5) is 10.3. The van der Waals surface area contributed by atoms with Crippen molar-refractivity contribution in [3.8, 4) is 0 Å². The van der Waals surface area contributed by atoms with Crippen molar-refractivity contribution >= 4 is 11.7 Å². The highest BCUT2D eigenvalue weighted by Gasteiger charge is 2.20. The van der Waals surface area contributed by atoms with Crippen LogP contribution >= 0.6 is 0 Å². The van der Waals surface area contributed by atoms with E-state index in [0.717, 1.165) is 18.2 Å². The maximum Gasteiger partial charge on any atom is 0.354 e. The Hall–Kier alpha value is -1.98. The van der Waals surface area contributed by atoms with E-state index in [1.165, 1.54) is 0 Å². The number of anilines is 1. The van der Waals surface area contributed by atoms with Crippen LogP contribution in [-0.4, -0.2) is 11.1 Å². The molecular weight excluding hydrogens is 211 g/mol. The number of nitrogens with zero attached hydrogens (tertiary/aromatic N) is 1. The molecule has 0 amide bonds. The molecule has 0 aliphatic rings. The monoisotopic (exact) mass is 217 g/mol. The average molecular weight is 217 g/mol. The third-order valence-corrected chi connectivity index (χ3v) is 1.63. The van der Waals surface area contributed by atoms with Crippen LogP contribution in [0.25, 0.3) is 0 Å². The van der Waals surface area contributed by atoms with Gasteiger partial charge in [0, 0.05) is 0 Å². The second-order valence-electron chi connectivity index (χ2n) is 2.61. The Bertz CT molecular complexity index is 420. The van der Waals surface area contributed by atoms with Gasteiger partial charge in [0.25, 0.3) is 0 Å². The van der Waals surface area contributed by atoms with Gasteiger partial charge in [0.05, 0.1) is 0 Å². The third kappa shape index (κ3) is 2.09. The fraction of sp³-hybridized carbons (Fsp3) is 0. The second kappa shape index (κ2) is 4.04. The van der Waals surface area contributed by atoms with Gasteiger partial charge >= 0.3 is 5.97 Å². The zero-order chi connectivity index (χ0) is 11.6. The van der Waals surface area contributed by atoms with Crippen LogP contribution in [0.4, 0.5) is 18.9 Å². The second-order valence-corrected chi connectivity index (χ2v) is 2.61. The molecular formula is C9H6F3NO2. The molecule has 1 aromatic carbocycles. The first-order valence-corrected chi connectivity index (χ1v) is 3.77. The van der Waals surface area contributed by atoms with Gasteiger partial charge in [-0.3, -0.25) is 0 Å². The van der Waals surface area contributed by atoms with Crippen LogP contribution in [0.2, 0.25) is 0 Å². The third-order valence-electron chi connectivity index (χ3n) is 1.63. The van der Waals surface area contributed by atoms with Crippen molar-refractivity contribution in [3.05, 3.63) is 42.1 Å². The molecule has 0 fully saturated rings. The molecule has 6 heteroatoms. The number of hydrogen-bond acceptors (Lipinski definition) is 2. The van der Waals surface area contributed by atoms with E-state index in [4.69, 9.17) is 5.11 Å². The Balaban J connectivity index is 3.12. The molecule has 15 heavy (non-hydrogen) atoms. The molecule has 0 aliphatic heterocycles. The maximum absolute atomic E-state index is 13.2. The summed E-state index contributed by atoms with van der Waals surface area (Å²) in [5.41, 5.74) is -1.83. The SMILES string of the molecule is C=C(C(=O)O)N(F)c1cccc(F)c1F. The fourth-order valence-corrected chi connectivity index (χ4v) is 0.873. The zero-order valence-corrected chi connectivity index (χ0v) is 7.38. The average Bonchev–Trinajstić information content (AvgIpc) is 2.20. The Morgan fingerprint density at radius 3 is 2.53 bits per heavy atom. The standard InChI is InChI=1S/C9H6F3NO2/c1-5(9(14)15)13(12)7-4-2-3-6(10)8(7)11/h2-4H,1H2,(H,14,15). The Kier molecular flexibility index (Phi) is 2.99. The number of aliphatic carboxylic acids is 1. The van der Waals surface area contributed by atoms with Gasteiger partial charge in [-0.2, -0.15) is 5.12 Å². The minimum Gasteiger partial charge on any atom is -0.477 e. The van der Waals surface area contributed by atoms with Crippen LogP contribution < -0.4 is 5.12 Å². The van der Waals surface area contributed by atoms with Gasteiger partial charge in [0.2, 0.25) is 0 Å². The van der Waals surface area contributed by atoms with Crippen molar-refractivity contribution < 1.29 is 23.2 Å². The minimum atomic E-state index is -1.67. The van der Waals surface area contributed by atoms with Gasteiger partial charge in [0.1, 0.15) is 5.69 Å². The lowest BCUT2D eigenvalue weighted by atomic mass is 10.3. The highest BCUT2D eigenvalue weighted by molar-refractivity contribution is 5.89. The first kappa shape index (κ1) is 11.1. The number of carboxylic acids is 1. The molecule has 0 saturated carbocycles.